The van der Waals surface area contributed by atoms with Gasteiger partial charge in [0, 0.05) is 32.7 Å². The lowest BCUT2D eigenvalue weighted by atomic mass is 9.92. The summed E-state index contributed by atoms with van der Waals surface area (Å²) in [5.74, 6) is 2.21. The first kappa shape index (κ1) is 14.0. The van der Waals surface area contributed by atoms with Gasteiger partial charge in [-0.3, -0.25) is 4.79 Å². The van der Waals surface area contributed by atoms with Gasteiger partial charge in [-0.25, -0.2) is 0 Å². The SMILES string of the molecule is COCCC1COC2(CCN(C(=O)C3[C@H]4COC[C@@H]34)C2)C1. The van der Waals surface area contributed by atoms with Crippen molar-refractivity contribution in [3.63, 3.8) is 0 Å². The Balaban J connectivity index is 1.32. The Morgan fingerprint density at radius 1 is 1.33 bits per heavy atom. The fourth-order valence-electron chi connectivity index (χ4n) is 4.54. The van der Waals surface area contributed by atoms with Crippen LogP contribution in [-0.2, 0) is 19.0 Å². The monoisotopic (exact) mass is 295 g/mol. The zero-order chi connectivity index (χ0) is 14.4. The van der Waals surface area contributed by atoms with Gasteiger partial charge >= 0.3 is 0 Å². The Hall–Kier alpha value is -0.650. The van der Waals surface area contributed by atoms with Gasteiger partial charge in [0.25, 0.3) is 0 Å². The van der Waals surface area contributed by atoms with E-state index in [4.69, 9.17) is 14.2 Å². The van der Waals surface area contributed by atoms with Gasteiger partial charge in [-0.15, -0.1) is 0 Å². The number of likely N-dealkylation sites (tertiary alicyclic amines) is 1. The standard InChI is InChI=1S/C16H25NO4/c1-19-5-2-11-6-16(21-7-11)3-4-17(10-16)15(18)14-12-8-20-9-13(12)14/h11-14H,2-10H2,1H3/t11?,12-,13+,14?,16?. The van der Waals surface area contributed by atoms with E-state index in [1.807, 2.05) is 0 Å². The summed E-state index contributed by atoms with van der Waals surface area (Å²) >= 11 is 0. The second kappa shape index (κ2) is 5.21. The predicted octanol–water partition coefficient (Wildman–Crippen LogP) is 0.923. The summed E-state index contributed by atoms with van der Waals surface area (Å²) in [6.07, 6.45) is 3.15. The largest absolute Gasteiger partial charge is 0.385 e. The molecule has 1 spiro atoms. The van der Waals surface area contributed by atoms with Gasteiger partial charge in [-0.2, -0.15) is 0 Å². The van der Waals surface area contributed by atoms with Gasteiger partial charge in [-0.05, 0) is 37.0 Å². The van der Waals surface area contributed by atoms with Crippen LogP contribution >= 0.6 is 0 Å². The zero-order valence-electron chi connectivity index (χ0n) is 12.8. The molecule has 0 aromatic carbocycles. The van der Waals surface area contributed by atoms with E-state index in [1.54, 1.807) is 7.11 Å². The number of fused-ring (bicyclic) bond motifs is 1. The Bertz CT molecular complexity index is 419. The van der Waals surface area contributed by atoms with Crippen molar-refractivity contribution in [2.24, 2.45) is 23.7 Å². The van der Waals surface area contributed by atoms with E-state index in [0.29, 0.717) is 23.7 Å². The zero-order valence-corrected chi connectivity index (χ0v) is 12.8. The molecule has 5 heteroatoms. The first-order chi connectivity index (χ1) is 10.2. The minimum atomic E-state index is -0.0609. The fourth-order valence-corrected chi connectivity index (χ4v) is 4.54. The summed E-state index contributed by atoms with van der Waals surface area (Å²) < 4.78 is 16.7. The van der Waals surface area contributed by atoms with Gasteiger partial charge in [0.2, 0.25) is 5.91 Å². The van der Waals surface area contributed by atoms with Crippen LogP contribution in [0.25, 0.3) is 0 Å². The van der Waals surface area contributed by atoms with Gasteiger partial charge in [-0.1, -0.05) is 0 Å². The van der Waals surface area contributed by atoms with Crippen molar-refractivity contribution in [2.45, 2.75) is 24.9 Å². The number of rotatable bonds is 4. The van der Waals surface area contributed by atoms with E-state index in [1.165, 1.54) is 0 Å². The van der Waals surface area contributed by atoms with Crippen LogP contribution in [0.2, 0.25) is 0 Å². The molecule has 4 rings (SSSR count). The highest BCUT2D eigenvalue weighted by atomic mass is 16.5. The molecule has 5 atom stereocenters. The van der Waals surface area contributed by atoms with Crippen molar-refractivity contribution >= 4 is 5.91 Å². The smallest absolute Gasteiger partial charge is 0.226 e. The van der Waals surface area contributed by atoms with E-state index in [-0.39, 0.29) is 11.5 Å². The van der Waals surface area contributed by atoms with Crippen LogP contribution in [0.1, 0.15) is 19.3 Å². The summed E-state index contributed by atoms with van der Waals surface area (Å²) in [5.41, 5.74) is -0.0609. The van der Waals surface area contributed by atoms with Crippen molar-refractivity contribution in [3.8, 4) is 0 Å². The molecule has 4 aliphatic rings. The van der Waals surface area contributed by atoms with Gasteiger partial charge in [0.1, 0.15) is 0 Å². The van der Waals surface area contributed by atoms with E-state index in [9.17, 15) is 4.79 Å². The van der Waals surface area contributed by atoms with Crippen LogP contribution in [0.4, 0.5) is 0 Å². The van der Waals surface area contributed by atoms with E-state index in [2.05, 4.69) is 4.90 Å². The second-order valence-electron chi connectivity index (χ2n) is 7.25. The molecule has 3 heterocycles. The number of ether oxygens (including phenoxy) is 3. The molecule has 0 bridgehead atoms. The van der Waals surface area contributed by atoms with Crippen LogP contribution < -0.4 is 0 Å². The third-order valence-corrected chi connectivity index (χ3v) is 5.88. The number of amides is 1. The molecule has 0 radical (unpaired) electrons. The van der Waals surface area contributed by atoms with Crippen molar-refractivity contribution in [1.29, 1.82) is 0 Å². The number of carbonyl (C=O) groups excluding carboxylic acids is 1. The molecule has 1 amide bonds. The summed E-state index contributed by atoms with van der Waals surface area (Å²) in [5, 5.41) is 0. The molecule has 3 unspecified atom stereocenters. The van der Waals surface area contributed by atoms with Crippen LogP contribution in [0.5, 0.6) is 0 Å². The van der Waals surface area contributed by atoms with Crippen molar-refractivity contribution in [3.05, 3.63) is 0 Å². The van der Waals surface area contributed by atoms with Crippen molar-refractivity contribution in [2.75, 3.05) is 46.6 Å². The summed E-state index contributed by atoms with van der Waals surface area (Å²) in [4.78, 5) is 14.7. The van der Waals surface area contributed by atoms with Crippen molar-refractivity contribution < 1.29 is 19.0 Å². The Kier molecular flexibility index (Phi) is 3.47. The molecule has 3 aliphatic heterocycles. The molecule has 21 heavy (non-hydrogen) atoms. The molecule has 118 valence electrons. The third-order valence-electron chi connectivity index (χ3n) is 5.88. The Morgan fingerprint density at radius 2 is 2.14 bits per heavy atom. The van der Waals surface area contributed by atoms with Crippen LogP contribution in [-0.4, -0.2) is 63.0 Å². The topological polar surface area (TPSA) is 48.0 Å². The summed E-state index contributed by atoms with van der Waals surface area (Å²) in [6, 6.07) is 0. The predicted molar refractivity (Wildman–Crippen MR) is 75.8 cm³/mol. The highest BCUT2D eigenvalue weighted by molar-refractivity contribution is 5.83. The van der Waals surface area contributed by atoms with E-state index >= 15 is 0 Å². The van der Waals surface area contributed by atoms with Gasteiger partial charge in [0.15, 0.2) is 0 Å². The number of hydrogen-bond donors (Lipinski definition) is 0. The maximum absolute atomic E-state index is 12.6. The highest BCUT2D eigenvalue weighted by Gasteiger charge is 2.60. The highest BCUT2D eigenvalue weighted by Crippen LogP contribution is 2.52. The van der Waals surface area contributed by atoms with Gasteiger partial charge < -0.3 is 19.1 Å². The number of carbonyl (C=O) groups is 1. The number of hydrogen-bond acceptors (Lipinski definition) is 4. The van der Waals surface area contributed by atoms with Crippen LogP contribution in [0.15, 0.2) is 0 Å². The minimum Gasteiger partial charge on any atom is -0.385 e. The lowest BCUT2D eigenvalue weighted by Crippen LogP contribution is -2.37. The molecule has 5 nitrogen and oxygen atoms in total. The molecule has 0 aromatic heterocycles. The molecular weight excluding hydrogens is 270 g/mol. The molecule has 1 aliphatic carbocycles. The van der Waals surface area contributed by atoms with E-state index < -0.39 is 0 Å². The first-order valence-electron chi connectivity index (χ1n) is 8.22. The van der Waals surface area contributed by atoms with Gasteiger partial charge in [0.05, 0.1) is 25.4 Å². The van der Waals surface area contributed by atoms with Crippen LogP contribution in [0, 0.1) is 23.7 Å². The summed E-state index contributed by atoms with van der Waals surface area (Å²) in [6.45, 7) is 4.87. The first-order valence-corrected chi connectivity index (χ1v) is 8.22. The molecule has 3 saturated heterocycles. The Labute approximate surface area is 125 Å². The maximum atomic E-state index is 12.6. The average Bonchev–Trinajstić information content (AvgIpc) is 2.95. The number of nitrogens with zero attached hydrogens (tertiary/aromatic N) is 1. The van der Waals surface area contributed by atoms with E-state index in [0.717, 1.165) is 58.8 Å². The fraction of sp³-hybridized carbons (Fsp3) is 0.938. The quantitative estimate of drug-likeness (QED) is 0.774. The molecular formula is C16H25NO4. The second-order valence-corrected chi connectivity index (χ2v) is 7.25. The van der Waals surface area contributed by atoms with Crippen LogP contribution in [0.3, 0.4) is 0 Å². The molecule has 0 aromatic rings. The normalized spacial score (nSPS) is 44.5. The minimum absolute atomic E-state index is 0.0609. The van der Waals surface area contributed by atoms with Crippen molar-refractivity contribution in [1.82, 2.24) is 4.90 Å². The summed E-state index contributed by atoms with van der Waals surface area (Å²) in [7, 11) is 1.75. The molecule has 4 fully saturated rings. The molecule has 0 N–H and O–H groups in total. The lowest BCUT2D eigenvalue weighted by molar-refractivity contribution is -0.134. The number of methoxy groups -OCH3 is 1. The maximum Gasteiger partial charge on any atom is 0.226 e. The Morgan fingerprint density at radius 3 is 2.90 bits per heavy atom. The lowest BCUT2D eigenvalue weighted by Gasteiger charge is -2.24. The molecule has 1 saturated carbocycles. The average molecular weight is 295 g/mol. The third kappa shape index (κ3) is 2.39.